The van der Waals surface area contributed by atoms with Crippen LogP contribution in [0.3, 0.4) is 0 Å². The second-order valence-electron chi connectivity index (χ2n) is 3.61. The van der Waals surface area contributed by atoms with Gasteiger partial charge in [-0.3, -0.25) is 9.36 Å². The van der Waals surface area contributed by atoms with Gasteiger partial charge >= 0.3 is 0 Å². The molecule has 0 fully saturated rings. The summed E-state index contributed by atoms with van der Waals surface area (Å²) in [6, 6.07) is 3.85. The number of aryl methyl sites for hydroxylation is 1. The molecule has 1 aromatic heterocycles. The summed E-state index contributed by atoms with van der Waals surface area (Å²) in [4.78, 5) is 16.6. The van der Waals surface area contributed by atoms with Crippen molar-refractivity contribution in [2.45, 2.75) is 12.1 Å². The van der Waals surface area contributed by atoms with E-state index in [9.17, 15) is 4.79 Å². The van der Waals surface area contributed by atoms with E-state index in [0.29, 0.717) is 5.39 Å². The average molecular weight is 299 g/mol. The van der Waals surface area contributed by atoms with E-state index in [4.69, 9.17) is 0 Å². The quantitative estimate of drug-likeness (QED) is 0.600. The smallest absolute Gasteiger partial charge is 0.261 e. The number of rotatable bonds is 1. The standard InChI is InChI=1S/C11H11BrN2OS/c1-6-4-7-9(8(12)5-6)13-11(16-3)14(2)10(7)15/h4-5H,1-3H3. The fourth-order valence-corrected chi connectivity index (χ4v) is 2.83. The lowest BCUT2D eigenvalue weighted by Crippen LogP contribution is -2.20. The van der Waals surface area contributed by atoms with E-state index < -0.39 is 0 Å². The molecule has 3 nitrogen and oxygen atoms in total. The Morgan fingerprint density at radius 1 is 1.44 bits per heavy atom. The first kappa shape index (κ1) is 11.7. The summed E-state index contributed by atoms with van der Waals surface area (Å²) in [7, 11) is 1.75. The molecule has 16 heavy (non-hydrogen) atoms. The van der Waals surface area contributed by atoms with Crippen LogP contribution < -0.4 is 5.56 Å². The maximum Gasteiger partial charge on any atom is 0.261 e. The van der Waals surface area contributed by atoms with Crippen LogP contribution in [0.15, 0.2) is 26.6 Å². The SMILES string of the molecule is CSc1nc2c(Br)cc(C)cc2c(=O)n1C. The third kappa shape index (κ3) is 1.78. The van der Waals surface area contributed by atoms with Crippen molar-refractivity contribution in [3.8, 4) is 0 Å². The molecule has 0 unspecified atom stereocenters. The van der Waals surface area contributed by atoms with Crippen molar-refractivity contribution >= 4 is 38.6 Å². The highest BCUT2D eigenvalue weighted by atomic mass is 79.9. The average Bonchev–Trinajstić information content (AvgIpc) is 2.24. The molecule has 2 aromatic rings. The van der Waals surface area contributed by atoms with Crippen LogP contribution >= 0.6 is 27.7 Å². The maximum atomic E-state index is 12.1. The molecule has 0 amide bonds. The van der Waals surface area contributed by atoms with Crippen molar-refractivity contribution in [1.29, 1.82) is 0 Å². The normalized spacial score (nSPS) is 11.0. The molecule has 2 rings (SSSR count). The van der Waals surface area contributed by atoms with Gasteiger partial charge in [0, 0.05) is 11.5 Å². The number of halogens is 1. The van der Waals surface area contributed by atoms with E-state index in [0.717, 1.165) is 20.7 Å². The number of nitrogens with zero attached hydrogens (tertiary/aromatic N) is 2. The first-order chi connectivity index (χ1) is 7.54. The van der Waals surface area contributed by atoms with Crippen molar-refractivity contribution in [2.75, 3.05) is 6.26 Å². The van der Waals surface area contributed by atoms with Gasteiger partial charge in [0.2, 0.25) is 0 Å². The van der Waals surface area contributed by atoms with Gasteiger partial charge in [0.05, 0.1) is 10.9 Å². The first-order valence-corrected chi connectivity index (χ1v) is 6.77. The predicted octanol–water partition coefficient (Wildman–Crippen LogP) is 2.73. The monoisotopic (exact) mass is 298 g/mol. The molecule has 0 aliphatic rings. The molecule has 1 aromatic carbocycles. The largest absolute Gasteiger partial charge is 0.290 e. The molecular formula is C11H11BrN2OS. The Morgan fingerprint density at radius 2 is 2.12 bits per heavy atom. The molecule has 1 heterocycles. The van der Waals surface area contributed by atoms with Crippen molar-refractivity contribution in [3.63, 3.8) is 0 Å². The second-order valence-corrected chi connectivity index (χ2v) is 5.23. The number of thioether (sulfide) groups is 1. The van der Waals surface area contributed by atoms with Crippen LogP contribution in [0.5, 0.6) is 0 Å². The minimum absolute atomic E-state index is 0.00116. The van der Waals surface area contributed by atoms with Crippen LogP contribution in [0.25, 0.3) is 10.9 Å². The lowest BCUT2D eigenvalue weighted by atomic mass is 10.2. The highest BCUT2D eigenvalue weighted by molar-refractivity contribution is 9.10. The van der Waals surface area contributed by atoms with Gasteiger partial charge in [-0.2, -0.15) is 0 Å². The van der Waals surface area contributed by atoms with Crippen molar-refractivity contribution in [2.24, 2.45) is 7.05 Å². The summed E-state index contributed by atoms with van der Waals surface area (Å²) in [5, 5.41) is 1.38. The lowest BCUT2D eigenvalue weighted by Gasteiger charge is -2.08. The number of fused-ring (bicyclic) bond motifs is 1. The van der Waals surface area contributed by atoms with E-state index in [1.807, 2.05) is 25.3 Å². The van der Waals surface area contributed by atoms with E-state index in [2.05, 4.69) is 20.9 Å². The van der Waals surface area contributed by atoms with Gasteiger partial charge in [-0.25, -0.2) is 4.98 Å². The Hall–Kier alpha value is -0.810. The molecule has 0 spiro atoms. The van der Waals surface area contributed by atoms with Gasteiger partial charge in [-0.1, -0.05) is 11.8 Å². The zero-order chi connectivity index (χ0) is 11.9. The van der Waals surface area contributed by atoms with Crippen molar-refractivity contribution in [3.05, 3.63) is 32.5 Å². The summed E-state index contributed by atoms with van der Waals surface area (Å²) in [5.74, 6) is 0. The van der Waals surface area contributed by atoms with Gasteiger partial charge in [-0.15, -0.1) is 0 Å². The molecule has 84 valence electrons. The van der Waals surface area contributed by atoms with E-state index in [1.165, 1.54) is 11.8 Å². The minimum Gasteiger partial charge on any atom is -0.290 e. The van der Waals surface area contributed by atoms with Crippen LogP contribution in [0, 0.1) is 6.92 Å². The third-order valence-electron chi connectivity index (χ3n) is 2.42. The molecule has 5 heteroatoms. The summed E-state index contributed by atoms with van der Waals surface area (Å²) in [6.45, 7) is 1.96. The minimum atomic E-state index is -0.00116. The fraction of sp³-hybridized carbons (Fsp3) is 0.273. The third-order valence-corrected chi connectivity index (χ3v) is 3.75. The predicted molar refractivity (Wildman–Crippen MR) is 71.2 cm³/mol. The number of hydrogen-bond acceptors (Lipinski definition) is 3. The first-order valence-electron chi connectivity index (χ1n) is 4.75. The van der Waals surface area contributed by atoms with Gasteiger partial charge in [0.1, 0.15) is 0 Å². The lowest BCUT2D eigenvalue weighted by molar-refractivity contribution is 0.727. The number of aromatic nitrogens is 2. The highest BCUT2D eigenvalue weighted by Crippen LogP contribution is 2.23. The van der Waals surface area contributed by atoms with Gasteiger partial charge < -0.3 is 0 Å². The van der Waals surface area contributed by atoms with Crippen molar-refractivity contribution < 1.29 is 0 Å². The topological polar surface area (TPSA) is 34.9 Å². The van der Waals surface area contributed by atoms with E-state index in [-0.39, 0.29) is 5.56 Å². The van der Waals surface area contributed by atoms with Gasteiger partial charge in [0.15, 0.2) is 5.16 Å². The van der Waals surface area contributed by atoms with E-state index >= 15 is 0 Å². The zero-order valence-corrected chi connectivity index (χ0v) is 11.6. The van der Waals surface area contributed by atoms with E-state index in [1.54, 1.807) is 11.6 Å². The zero-order valence-electron chi connectivity index (χ0n) is 9.24. The second kappa shape index (κ2) is 4.22. The van der Waals surface area contributed by atoms with Crippen LogP contribution in [0.4, 0.5) is 0 Å². The van der Waals surface area contributed by atoms with Crippen LogP contribution in [0.2, 0.25) is 0 Å². The number of benzene rings is 1. The molecule has 0 saturated carbocycles. The summed E-state index contributed by atoms with van der Waals surface area (Å²) in [5.41, 5.74) is 1.78. The van der Waals surface area contributed by atoms with Gasteiger partial charge in [-0.05, 0) is 46.8 Å². The maximum absolute atomic E-state index is 12.1. The molecule has 0 saturated heterocycles. The van der Waals surface area contributed by atoms with Crippen LogP contribution in [-0.4, -0.2) is 15.8 Å². The number of hydrogen-bond donors (Lipinski definition) is 0. The highest BCUT2D eigenvalue weighted by Gasteiger charge is 2.10. The molecule has 0 N–H and O–H groups in total. The Morgan fingerprint density at radius 3 is 2.75 bits per heavy atom. The van der Waals surface area contributed by atoms with Crippen LogP contribution in [0.1, 0.15) is 5.56 Å². The Balaban J connectivity index is 2.99. The summed E-state index contributed by atoms with van der Waals surface area (Å²) < 4.78 is 2.45. The summed E-state index contributed by atoms with van der Waals surface area (Å²) >= 11 is 4.92. The molecule has 0 atom stereocenters. The Labute approximate surface area is 106 Å². The Bertz CT molecular complexity index is 621. The van der Waals surface area contributed by atoms with Crippen molar-refractivity contribution in [1.82, 2.24) is 9.55 Å². The molecule has 0 aliphatic carbocycles. The summed E-state index contributed by atoms with van der Waals surface area (Å²) in [6.07, 6.45) is 1.91. The fourth-order valence-electron chi connectivity index (χ4n) is 1.63. The van der Waals surface area contributed by atoms with Crippen LogP contribution in [-0.2, 0) is 7.05 Å². The molecule has 0 bridgehead atoms. The molecule has 0 radical (unpaired) electrons. The Kier molecular flexibility index (Phi) is 3.08. The van der Waals surface area contributed by atoms with Gasteiger partial charge in [0.25, 0.3) is 5.56 Å². The molecular weight excluding hydrogens is 288 g/mol. The molecule has 0 aliphatic heterocycles.